The van der Waals surface area contributed by atoms with Crippen LogP contribution in [0.25, 0.3) is 0 Å². The molecule has 5 nitrogen and oxygen atoms in total. The lowest BCUT2D eigenvalue weighted by atomic mass is 10.1. The number of nitrogens with one attached hydrogen (secondary N) is 1. The van der Waals surface area contributed by atoms with Gasteiger partial charge in [-0.3, -0.25) is 0 Å². The molecule has 0 amide bonds. The fourth-order valence-electron chi connectivity index (χ4n) is 2.22. The number of hydrogen-bond acceptors (Lipinski definition) is 4. The molecule has 0 aliphatic carbocycles. The first-order valence-electron chi connectivity index (χ1n) is 7.22. The second kappa shape index (κ2) is 8.13. The van der Waals surface area contributed by atoms with E-state index in [1.807, 2.05) is 6.92 Å². The minimum Gasteiger partial charge on any atom is -0.495 e. The van der Waals surface area contributed by atoms with Crippen LogP contribution in [0, 0.1) is 0 Å². The molecule has 0 radical (unpaired) electrons. The van der Waals surface area contributed by atoms with Gasteiger partial charge in [0.1, 0.15) is 11.5 Å². The second-order valence-electron chi connectivity index (χ2n) is 4.88. The number of anilines is 1. The monoisotopic (exact) mass is 369 g/mol. The molecule has 128 valence electrons. The van der Waals surface area contributed by atoms with Crippen molar-refractivity contribution in [2.24, 2.45) is 0 Å². The topological polar surface area (TPSA) is 67.8 Å². The second-order valence-corrected chi connectivity index (χ2v) is 5.73. The molecule has 0 aliphatic heterocycles. The van der Waals surface area contributed by atoms with Crippen LogP contribution in [0.4, 0.5) is 5.69 Å². The largest absolute Gasteiger partial charge is 0.495 e. The number of aromatic carboxylic acids is 1. The molecule has 7 heteroatoms. The van der Waals surface area contributed by atoms with Crippen molar-refractivity contribution in [1.29, 1.82) is 0 Å². The van der Waals surface area contributed by atoms with Crippen molar-refractivity contribution in [2.45, 2.75) is 13.5 Å². The first-order valence-corrected chi connectivity index (χ1v) is 7.97. The standard InChI is InChI=1S/C17H17Cl2NO4/c1-3-24-16-11(6-12(18)8-13(16)19)9-20-14-7-10(17(21)22)4-5-15(14)23-2/h4-8,20H,3,9H2,1-2H3,(H,21,22). The number of benzene rings is 2. The van der Waals surface area contributed by atoms with Crippen molar-refractivity contribution in [3.8, 4) is 11.5 Å². The highest BCUT2D eigenvalue weighted by atomic mass is 35.5. The Morgan fingerprint density at radius 1 is 1.25 bits per heavy atom. The molecule has 0 saturated carbocycles. The van der Waals surface area contributed by atoms with Crippen LogP contribution in [0.5, 0.6) is 11.5 Å². The molecule has 2 aromatic rings. The molecular formula is C17H17Cl2NO4. The van der Waals surface area contributed by atoms with Crippen molar-refractivity contribution >= 4 is 34.9 Å². The van der Waals surface area contributed by atoms with E-state index in [-0.39, 0.29) is 5.56 Å². The maximum atomic E-state index is 11.1. The van der Waals surface area contributed by atoms with Crippen molar-refractivity contribution in [3.05, 3.63) is 51.5 Å². The zero-order chi connectivity index (χ0) is 17.7. The van der Waals surface area contributed by atoms with Gasteiger partial charge in [0.2, 0.25) is 0 Å². The summed E-state index contributed by atoms with van der Waals surface area (Å²) in [6.45, 7) is 2.67. The molecular weight excluding hydrogens is 353 g/mol. The Balaban J connectivity index is 2.31. The third-order valence-electron chi connectivity index (χ3n) is 3.29. The molecule has 0 saturated heterocycles. The SMILES string of the molecule is CCOc1c(Cl)cc(Cl)cc1CNc1cc(C(=O)O)ccc1OC. The minimum absolute atomic E-state index is 0.160. The number of hydrogen-bond donors (Lipinski definition) is 2. The summed E-state index contributed by atoms with van der Waals surface area (Å²) in [5, 5.41) is 13.2. The van der Waals surface area contributed by atoms with Gasteiger partial charge in [0.15, 0.2) is 0 Å². The van der Waals surface area contributed by atoms with Crippen molar-refractivity contribution < 1.29 is 19.4 Å². The lowest BCUT2D eigenvalue weighted by molar-refractivity contribution is 0.0697. The predicted octanol–water partition coefficient (Wildman–Crippen LogP) is 4.71. The van der Waals surface area contributed by atoms with Crippen LogP contribution in [-0.4, -0.2) is 24.8 Å². The molecule has 24 heavy (non-hydrogen) atoms. The van der Waals surface area contributed by atoms with Gasteiger partial charge in [-0.05, 0) is 37.3 Å². The van der Waals surface area contributed by atoms with Gasteiger partial charge in [-0.25, -0.2) is 4.79 Å². The smallest absolute Gasteiger partial charge is 0.335 e. The van der Waals surface area contributed by atoms with Crippen LogP contribution >= 0.6 is 23.2 Å². The lowest BCUT2D eigenvalue weighted by Crippen LogP contribution is -2.06. The summed E-state index contributed by atoms with van der Waals surface area (Å²) in [4.78, 5) is 11.1. The first-order chi connectivity index (χ1) is 11.5. The van der Waals surface area contributed by atoms with Crippen LogP contribution in [0.2, 0.25) is 10.0 Å². The molecule has 0 aromatic heterocycles. The molecule has 0 heterocycles. The van der Waals surface area contributed by atoms with Crippen LogP contribution < -0.4 is 14.8 Å². The molecule has 2 aromatic carbocycles. The summed E-state index contributed by atoms with van der Waals surface area (Å²) < 4.78 is 10.8. The average Bonchev–Trinajstić information content (AvgIpc) is 2.55. The predicted molar refractivity (Wildman–Crippen MR) is 94.9 cm³/mol. The molecule has 2 N–H and O–H groups in total. The fourth-order valence-corrected chi connectivity index (χ4v) is 2.81. The van der Waals surface area contributed by atoms with Gasteiger partial charge in [0.25, 0.3) is 0 Å². The van der Waals surface area contributed by atoms with Crippen molar-refractivity contribution in [1.82, 2.24) is 0 Å². The van der Waals surface area contributed by atoms with Crippen LogP contribution in [0.3, 0.4) is 0 Å². The normalized spacial score (nSPS) is 10.3. The molecule has 2 rings (SSSR count). The minimum atomic E-state index is -1.01. The van der Waals surface area contributed by atoms with E-state index in [0.29, 0.717) is 40.4 Å². The first kappa shape index (κ1) is 18.2. The van der Waals surface area contributed by atoms with Crippen molar-refractivity contribution in [2.75, 3.05) is 19.0 Å². The number of ether oxygens (including phenoxy) is 2. The summed E-state index contributed by atoms with van der Waals surface area (Å²) in [6, 6.07) is 7.95. The number of rotatable bonds is 7. The summed E-state index contributed by atoms with van der Waals surface area (Å²) in [6.07, 6.45) is 0. The molecule has 0 spiro atoms. The van der Waals surface area contributed by atoms with E-state index >= 15 is 0 Å². The molecule has 0 aliphatic rings. The molecule has 0 atom stereocenters. The third-order valence-corrected chi connectivity index (χ3v) is 3.79. The number of carboxylic acid groups (broad SMARTS) is 1. The third kappa shape index (κ3) is 4.24. The Morgan fingerprint density at radius 2 is 2.00 bits per heavy atom. The summed E-state index contributed by atoms with van der Waals surface area (Å²) in [5.41, 5.74) is 1.47. The Hall–Kier alpha value is -2.11. The Labute approximate surface area is 150 Å². The Kier molecular flexibility index (Phi) is 6.17. The van der Waals surface area contributed by atoms with Gasteiger partial charge in [-0.15, -0.1) is 0 Å². The van der Waals surface area contributed by atoms with E-state index in [2.05, 4.69) is 5.32 Å². The number of carbonyl (C=O) groups is 1. The zero-order valence-corrected chi connectivity index (χ0v) is 14.7. The van der Waals surface area contributed by atoms with Gasteiger partial charge in [0.05, 0.1) is 30.0 Å². The highest BCUT2D eigenvalue weighted by molar-refractivity contribution is 6.35. The van der Waals surface area contributed by atoms with Gasteiger partial charge < -0.3 is 19.9 Å². The number of carboxylic acids is 1. The van der Waals surface area contributed by atoms with Gasteiger partial charge >= 0.3 is 5.97 Å². The van der Waals surface area contributed by atoms with Crippen molar-refractivity contribution in [3.63, 3.8) is 0 Å². The maximum Gasteiger partial charge on any atom is 0.335 e. The number of halogens is 2. The summed E-state index contributed by atoms with van der Waals surface area (Å²) in [5.74, 6) is 0.0667. The van der Waals surface area contributed by atoms with Gasteiger partial charge in [-0.1, -0.05) is 23.2 Å². The van der Waals surface area contributed by atoms with E-state index in [4.69, 9.17) is 37.8 Å². The van der Waals surface area contributed by atoms with Gasteiger partial charge in [-0.2, -0.15) is 0 Å². The quantitative estimate of drug-likeness (QED) is 0.739. The molecule has 0 bridgehead atoms. The fraction of sp³-hybridized carbons (Fsp3) is 0.235. The van der Waals surface area contributed by atoms with E-state index < -0.39 is 5.97 Å². The van der Waals surface area contributed by atoms with Crippen LogP contribution in [0.15, 0.2) is 30.3 Å². The highest BCUT2D eigenvalue weighted by Crippen LogP contribution is 2.34. The van der Waals surface area contributed by atoms with Crippen LogP contribution in [0.1, 0.15) is 22.8 Å². The zero-order valence-electron chi connectivity index (χ0n) is 13.2. The molecule has 0 fully saturated rings. The highest BCUT2D eigenvalue weighted by Gasteiger charge is 2.13. The Bertz CT molecular complexity index is 750. The van der Waals surface area contributed by atoms with E-state index in [1.54, 1.807) is 18.2 Å². The number of methoxy groups -OCH3 is 1. The average molecular weight is 370 g/mol. The van der Waals surface area contributed by atoms with E-state index in [1.165, 1.54) is 19.2 Å². The Morgan fingerprint density at radius 3 is 2.62 bits per heavy atom. The van der Waals surface area contributed by atoms with Crippen LogP contribution in [-0.2, 0) is 6.54 Å². The maximum absolute atomic E-state index is 11.1. The van der Waals surface area contributed by atoms with E-state index in [0.717, 1.165) is 5.56 Å². The summed E-state index contributed by atoms with van der Waals surface area (Å²) in [7, 11) is 1.52. The lowest BCUT2D eigenvalue weighted by Gasteiger charge is -2.16. The van der Waals surface area contributed by atoms with Gasteiger partial charge in [0, 0.05) is 17.1 Å². The van der Waals surface area contributed by atoms with E-state index in [9.17, 15) is 4.79 Å². The summed E-state index contributed by atoms with van der Waals surface area (Å²) >= 11 is 12.2. The molecule has 0 unspecified atom stereocenters.